The molecule has 1 heterocycles. The van der Waals surface area contributed by atoms with E-state index in [4.69, 9.17) is 0 Å². The first kappa shape index (κ1) is 19.2. The van der Waals surface area contributed by atoms with Crippen LogP contribution in [0.25, 0.3) is 0 Å². The van der Waals surface area contributed by atoms with Crippen molar-refractivity contribution in [1.29, 1.82) is 0 Å². The van der Waals surface area contributed by atoms with Crippen molar-refractivity contribution >= 4 is 18.3 Å². The van der Waals surface area contributed by atoms with E-state index in [9.17, 15) is 9.18 Å². The second kappa shape index (κ2) is 9.35. The number of rotatable bonds is 7. The van der Waals surface area contributed by atoms with Crippen LogP contribution in [0.5, 0.6) is 0 Å². The summed E-state index contributed by atoms with van der Waals surface area (Å²) in [6.45, 7) is 6.06. The highest BCUT2D eigenvalue weighted by Gasteiger charge is 2.25. The lowest BCUT2D eigenvalue weighted by atomic mass is 10.2. The van der Waals surface area contributed by atoms with Crippen LogP contribution < -0.4 is 5.32 Å². The van der Waals surface area contributed by atoms with Gasteiger partial charge in [0.1, 0.15) is 5.82 Å². The molecule has 1 aliphatic carbocycles. The zero-order valence-corrected chi connectivity index (χ0v) is 14.9. The van der Waals surface area contributed by atoms with Gasteiger partial charge in [0.25, 0.3) is 0 Å². The maximum atomic E-state index is 13.0. The SMILES string of the molecule is Cl.O=C(CCN(Cc1ccc(F)cc1)CC1CC1)N1CCNCC1. The van der Waals surface area contributed by atoms with Gasteiger partial charge in [0.05, 0.1) is 0 Å². The van der Waals surface area contributed by atoms with Gasteiger partial charge in [-0.1, -0.05) is 12.1 Å². The number of halogens is 2. The van der Waals surface area contributed by atoms with Gasteiger partial charge in [0.15, 0.2) is 0 Å². The van der Waals surface area contributed by atoms with E-state index in [0.717, 1.165) is 57.3 Å². The van der Waals surface area contributed by atoms with Crippen LogP contribution in [0.15, 0.2) is 24.3 Å². The maximum absolute atomic E-state index is 13.0. The van der Waals surface area contributed by atoms with Crippen LogP contribution in [0.1, 0.15) is 24.8 Å². The fraction of sp³-hybridized carbons (Fsp3) is 0.611. The Morgan fingerprint density at radius 2 is 1.88 bits per heavy atom. The van der Waals surface area contributed by atoms with Gasteiger partial charge in [-0.2, -0.15) is 0 Å². The smallest absolute Gasteiger partial charge is 0.223 e. The molecule has 0 aromatic heterocycles. The third-order valence-electron chi connectivity index (χ3n) is 4.64. The molecule has 1 aromatic carbocycles. The zero-order valence-electron chi connectivity index (χ0n) is 14.0. The highest BCUT2D eigenvalue weighted by molar-refractivity contribution is 5.85. The molecule has 2 aliphatic rings. The van der Waals surface area contributed by atoms with Crippen molar-refractivity contribution in [3.63, 3.8) is 0 Å². The number of carbonyl (C=O) groups excluding carboxylic acids is 1. The lowest BCUT2D eigenvalue weighted by Gasteiger charge is -2.29. The van der Waals surface area contributed by atoms with Gasteiger partial charge in [-0.25, -0.2) is 4.39 Å². The molecule has 0 bridgehead atoms. The molecule has 3 rings (SSSR count). The molecule has 1 N–H and O–H groups in total. The molecule has 1 saturated heterocycles. The molecule has 0 radical (unpaired) electrons. The predicted octanol–water partition coefficient (Wildman–Crippen LogP) is 2.28. The Kier molecular flexibility index (Phi) is 7.46. The van der Waals surface area contributed by atoms with Crippen molar-refractivity contribution in [3.8, 4) is 0 Å². The first-order valence-corrected chi connectivity index (χ1v) is 8.66. The summed E-state index contributed by atoms with van der Waals surface area (Å²) < 4.78 is 13.0. The Labute approximate surface area is 149 Å². The Morgan fingerprint density at radius 1 is 1.21 bits per heavy atom. The van der Waals surface area contributed by atoms with Gasteiger partial charge in [-0.3, -0.25) is 9.69 Å². The molecular formula is C18H27ClFN3O. The molecular weight excluding hydrogens is 329 g/mol. The van der Waals surface area contributed by atoms with Crippen molar-refractivity contribution in [3.05, 3.63) is 35.6 Å². The van der Waals surface area contributed by atoms with Crippen LogP contribution in [-0.2, 0) is 11.3 Å². The normalized spacial score (nSPS) is 17.7. The lowest BCUT2D eigenvalue weighted by Crippen LogP contribution is -2.47. The number of carbonyl (C=O) groups is 1. The molecule has 24 heavy (non-hydrogen) atoms. The number of amides is 1. The Morgan fingerprint density at radius 3 is 2.50 bits per heavy atom. The van der Waals surface area contributed by atoms with Crippen LogP contribution in [-0.4, -0.2) is 55.0 Å². The third-order valence-corrected chi connectivity index (χ3v) is 4.64. The molecule has 0 atom stereocenters. The van der Waals surface area contributed by atoms with E-state index in [1.54, 1.807) is 0 Å². The average molecular weight is 356 g/mol. The Bertz CT molecular complexity index is 516. The summed E-state index contributed by atoms with van der Waals surface area (Å²) in [6.07, 6.45) is 3.17. The number of hydrogen-bond acceptors (Lipinski definition) is 3. The van der Waals surface area contributed by atoms with Gasteiger partial charge in [-0.05, 0) is 36.5 Å². The number of nitrogens with zero attached hydrogens (tertiary/aromatic N) is 2. The Hall–Kier alpha value is -1.17. The van der Waals surface area contributed by atoms with Gasteiger partial charge in [-0.15, -0.1) is 12.4 Å². The quantitative estimate of drug-likeness (QED) is 0.815. The second-order valence-corrected chi connectivity index (χ2v) is 6.69. The van der Waals surface area contributed by atoms with E-state index in [1.165, 1.54) is 25.0 Å². The standard InChI is InChI=1S/C18H26FN3O.ClH/c19-17-5-3-16(4-6-17)14-21(13-15-1-2-15)10-7-18(23)22-11-8-20-9-12-22;/h3-6,15,20H,1-2,7-14H2;1H. The zero-order chi connectivity index (χ0) is 16.1. The summed E-state index contributed by atoms with van der Waals surface area (Å²) in [4.78, 5) is 16.6. The van der Waals surface area contributed by atoms with Crippen molar-refractivity contribution in [1.82, 2.24) is 15.1 Å². The van der Waals surface area contributed by atoms with E-state index < -0.39 is 0 Å². The molecule has 134 valence electrons. The second-order valence-electron chi connectivity index (χ2n) is 6.69. The molecule has 1 amide bonds. The molecule has 1 aromatic rings. The maximum Gasteiger partial charge on any atom is 0.223 e. The first-order valence-electron chi connectivity index (χ1n) is 8.66. The molecule has 6 heteroatoms. The average Bonchev–Trinajstić information content (AvgIpc) is 3.39. The van der Waals surface area contributed by atoms with Crippen LogP contribution in [0.3, 0.4) is 0 Å². The molecule has 2 fully saturated rings. The number of hydrogen-bond donors (Lipinski definition) is 1. The van der Waals surface area contributed by atoms with Gasteiger partial charge < -0.3 is 10.2 Å². The van der Waals surface area contributed by atoms with Gasteiger partial charge in [0.2, 0.25) is 5.91 Å². The third kappa shape index (κ3) is 6.04. The summed E-state index contributed by atoms with van der Waals surface area (Å²) >= 11 is 0. The van der Waals surface area contributed by atoms with Crippen molar-refractivity contribution in [2.75, 3.05) is 39.3 Å². The fourth-order valence-electron chi connectivity index (χ4n) is 3.07. The van der Waals surface area contributed by atoms with Crippen molar-refractivity contribution in [2.45, 2.75) is 25.8 Å². The minimum absolute atomic E-state index is 0. The minimum Gasteiger partial charge on any atom is -0.340 e. The minimum atomic E-state index is -0.198. The summed E-state index contributed by atoms with van der Waals surface area (Å²) in [5.41, 5.74) is 1.11. The van der Waals surface area contributed by atoms with Gasteiger partial charge in [0, 0.05) is 52.2 Å². The largest absolute Gasteiger partial charge is 0.340 e. The van der Waals surface area contributed by atoms with Crippen LogP contribution in [0.2, 0.25) is 0 Å². The summed E-state index contributed by atoms with van der Waals surface area (Å²) in [5.74, 6) is 0.840. The van der Waals surface area contributed by atoms with Crippen LogP contribution in [0, 0.1) is 11.7 Å². The molecule has 1 saturated carbocycles. The van der Waals surface area contributed by atoms with E-state index in [2.05, 4.69) is 10.2 Å². The predicted molar refractivity (Wildman–Crippen MR) is 95.7 cm³/mol. The van der Waals surface area contributed by atoms with Crippen LogP contribution in [0.4, 0.5) is 4.39 Å². The highest BCUT2D eigenvalue weighted by atomic mass is 35.5. The number of piperazine rings is 1. The summed E-state index contributed by atoms with van der Waals surface area (Å²) in [7, 11) is 0. The van der Waals surface area contributed by atoms with Crippen molar-refractivity contribution < 1.29 is 9.18 Å². The van der Waals surface area contributed by atoms with E-state index in [-0.39, 0.29) is 24.1 Å². The topological polar surface area (TPSA) is 35.6 Å². The Balaban J connectivity index is 0.00000208. The summed E-state index contributed by atoms with van der Waals surface area (Å²) in [5, 5.41) is 3.27. The van der Waals surface area contributed by atoms with Crippen LogP contribution >= 0.6 is 12.4 Å². The highest BCUT2D eigenvalue weighted by Crippen LogP contribution is 2.30. The van der Waals surface area contributed by atoms with Crippen molar-refractivity contribution in [2.24, 2.45) is 5.92 Å². The molecule has 0 spiro atoms. The molecule has 1 aliphatic heterocycles. The first-order chi connectivity index (χ1) is 11.2. The molecule has 0 unspecified atom stereocenters. The van der Waals surface area contributed by atoms with E-state index in [1.807, 2.05) is 17.0 Å². The fourth-order valence-corrected chi connectivity index (χ4v) is 3.07. The van der Waals surface area contributed by atoms with E-state index >= 15 is 0 Å². The monoisotopic (exact) mass is 355 g/mol. The molecule has 4 nitrogen and oxygen atoms in total. The summed E-state index contributed by atoms with van der Waals surface area (Å²) in [6, 6.07) is 6.70. The lowest BCUT2D eigenvalue weighted by molar-refractivity contribution is -0.132. The number of nitrogens with one attached hydrogen (secondary N) is 1. The van der Waals surface area contributed by atoms with E-state index in [0.29, 0.717) is 6.42 Å². The van der Waals surface area contributed by atoms with Gasteiger partial charge >= 0.3 is 0 Å². The number of benzene rings is 1.